The lowest BCUT2D eigenvalue weighted by atomic mass is 10.1. The molecule has 2 N–H and O–H groups in total. The summed E-state index contributed by atoms with van der Waals surface area (Å²) in [5.41, 5.74) is 3.62. The predicted molar refractivity (Wildman–Crippen MR) is 99.6 cm³/mol. The Bertz CT molecular complexity index is 834. The van der Waals surface area contributed by atoms with Gasteiger partial charge in [-0.25, -0.2) is 4.79 Å². The number of carbonyl (C=O) groups is 3. The number of benzene rings is 1. The maximum atomic E-state index is 12.4. The second-order valence-corrected chi connectivity index (χ2v) is 6.27. The fourth-order valence-electron chi connectivity index (χ4n) is 2.82. The summed E-state index contributed by atoms with van der Waals surface area (Å²) in [4.78, 5) is 39.1. The molecule has 0 aliphatic carbocycles. The molecule has 6 heteroatoms. The first-order valence-electron chi connectivity index (χ1n) is 8.55. The van der Waals surface area contributed by atoms with Crippen LogP contribution in [0.5, 0.6) is 0 Å². The van der Waals surface area contributed by atoms with Gasteiger partial charge in [0, 0.05) is 16.9 Å². The number of aromatic nitrogens is 1. The summed E-state index contributed by atoms with van der Waals surface area (Å²) < 4.78 is 5.25. The van der Waals surface area contributed by atoms with E-state index < -0.39 is 18.0 Å². The SMILES string of the molecule is CCc1ccc(NC(=O)C(C)OC(=O)c2[nH]c(C)c(C(C)=O)c2C)cc1. The number of hydrogen-bond acceptors (Lipinski definition) is 4. The van der Waals surface area contributed by atoms with E-state index in [1.54, 1.807) is 13.8 Å². The topological polar surface area (TPSA) is 88.3 Å². The minimum absolute atomic E-state index is 0.128. The summed E-state index contributed by atoms with van der Waals surface area (Å²) in [5.74, 6) is -1.21. The molecule has 6 nitrogen and oxygen atoms in total. The summed E-state index contributed by atoms with van der Waals surface area (Å²) in [5, 5.41) is 2.72. The van der Waals surface area contributed by atoms with Gasteiger partial charge in [0.1, 0.15) is 5.69 Å². The van der Waals surface area contributed by atoms with Crippen LogP contribution in [0.1, 0.15) is 58.4 Å². The third-order valence-corrected chi connectivity index (χ3v) is 4.28. The van der Waals surface area contributed by atoms with Crippen LogP contribution in [-0.4, -0.2) is 28.7 Å². The van der Waals surface area contributed by atoms with Crippen LogP contribution in [0.2, 0.25) is 0 Å². The average molecular weight is 356 g/mol. The number of Topliss-reactive ketones (excluding diaryl/α,β-unsaturated/α-hetero) is 1. The summed E-state index contributed by atoms with van der Waals surface area (Å²) in [7, 11) is 0. The standard InChI is InChI=1S/C20H24N2O4/c1-6-15-7-9-16(10-8-15)22-19(24)14(5)26-20(25)18-11(2)17(13(4)23)12(3)21-18/h7-10,14,21H,6H2,1-5H3,(H,22,24). The third kappa shape index (κ3) is 4.20. The van der Waals surface area contributed by atoms with E-state index in [9.17, 15) is 14.4 Å². The van der Waals surface area contributed by atoms with E-state index in [4.69, 9.17) is 4.74 Å². The number of esters is 1. The number of aromatic amines is 1. The van der Waals surface area contributed by atoms with Crippen LogP contribution in [0.25, 0.3) is 0 Å². The monoisotopic (exact) mass is 356 g/mol. The highest BCUT2D eigenvalue weighted by atomic mass is 16.5. The van der Waals surface area contributed by atoms with Gasteiger partial charge in [-0.05, 0) is 57.4 Å². The number of carbonyl (C=O) groups excluding carboxylic acids is 3. The Balaban J connectivity index is 2.05. The van der Waals surface area contributed by atoms with E-state index in [-0.39, 0.29) is 11.5 Å². The lowest BCUT2D eigenvalue weighted by molar-refractivity contribution is -0.123. The molecule has 0 aliphatic heterocycles. The first-order valence-corrected chi connectivity index (χ1v) is 8.55. The van der Waals surface area contributed by atoms with Gasteiger partial charge in [-0.3, -0.25) is 9.59 Å². The molecule has 0 saturated carbocycles. The smallest absolute Gasteiger partial charge is 0.355 e. The van der Waals surface area contributed by atoms with Crippen molar-refractivity contribution in [1.29, 1.82) is 0 Å². The van der Waals surface area contributed by atoms with Crippen molar-refractivity contribution in [3.05, 3.63) is 52.3 Å². The van der Waals surface area contributed by atoms with Crippen LogP contribution in [0, 0.1) is 13.8 Å². The van der Waals surface area contributed by atoms with Crippen LogP contribution in [-0.2, 0) is 16.0 Å². The van der Waals surface area contributed by atoms with Crippen molar-refractivity contribution in [2.45, 2.75) is 47.1 Å². The molecule has 0 aliphatic rings. The maximum Gasteiger partial charge on any atom is 0.355 e. The fraction of sp³-hybridized carbons (Fsp3) is 0.350. The molecular formula is C20H24N2O4. The van der Waals surface area contributed by atoms with Crippen LogP contribution in [0.4, 0.5) is 5.69 Å². The van der Waals surface area contributed by atoms with Crippen molar-refractivity contribution in [2.24, 2.45) is 0 Å². The molecule has 0 fully saturated rings. The number of anilines is 1. The van der Waals surface area contributed by atoms with Crippen molar-refractivity contribution in [2.75, 3.05) is 5.32 Å². The van der Waals surface area contributed by atoms with Crippen molar-refractivity contribution in [3.8, 4) is 0 Å². The van der Waals surface area contributed by atoms with Gasteiger partial charge < -0.3 is 15.0 Å². The lowest BCUT2D eigenvalue weighted by Crippen LogP contribution is -2.30. The van der Waals surface area contributed by atoms with Gasteiger partial charge in [0.05, 0.1) is 0 Å². The molecule has 26 heavy (non-hydrogen) atoms. The molecule has 138 valence electrons. The highest BCUT2D eigenvalue weighted by Crippen LogP contribution is 2.20. The fourth-order valence-corrected chi connectivity index (χ4v) is 2.82. The largest absolute Gasteiger partial charge is 0.448 e. The Morgan fingerprint density at radius 1 is 1.15 bits per heavy atom. The van der Waals surface area contributed by atoms with Crippen LogP contribution >= 0.6 is 0 Å². The number of rotatable bonds is 6. The van der Waals surface area contributed by atoms with Gasteiger partial charge in [0.15, 0.2) is 11.9 Å². The van der Waals surface area contributed by atoms with Crippen LogP contribution in [0.3, 0.4) is 0 Å². The molecule has 0 saturated heterocycles. The molecule has 0 radical (unpaired) electrons. The van der Waals surface area contributed by atoms with Crippen LogP contribution in [0.15, 0.2) is 24.3 Å². The normalized spacial score (nSPS) is 11.7. The molecule has 1 amide bonds. The molecule has 1 unspecified atom stereocenters. The van der Waals surface area contributed by atoms with Gasteiger partial charge in [-0.2, -0.15) is 0 Å². The quantitative estimate of drug-likeness (QED) is 0.612. The minimum Gasteiger partial charge on any atom is -0.448 e. The van der Waals surface area contributed by atoms with E-state index in [0.717, 1.165) is 6.42 Å². The summed E-state index contributed by atoms with van der Waals surface area (Å²) in [6.07, 6.45) is -0.0588. The highest BCUT2D eigenvalue weighted by molar-refractivity contribution is 6.02. The van der Waals surface area contributed by atoms with E-state index >= 15 is 0 Å². The van der Waals surface area contributed by atoms with E-state index in [1.165, 1.54) is 19.4 Å². The summed E-state index contributed by atoms with van der Waals surface area (Å²) in [6, 6.07) is 7.48. The van der Waals surface area contributed by atoms with E-state index in [0.29, 0.717) is 22.5 Å². The zero-order chi connectivity index (χ0) is 19.4. The molecule has 2 rings (SSSR count). The van der Waals surface area contributed by atoms with Gasteiger partial charge >= 0.3 is 5.97 Å². The zero-order valence-corrected chi connectivity index (χ0v) is 15.7. The minimum atomic E-state index is -0.975. The number of H-pyrrole nitrogens is 1. The molecular weight excluding hydrogens is 332 g/mol. The Labute approximate surface area is 152 Å². The van der Waals surface area contributed by atoms with Crippen molar-refractivity contribution in [3.63, 3.8) is 0 Å². The lowest BCUT2D eigenvalue weighted by Gasteiger charge is -2.13. The number of hydrogen-bond donors (Lipinski definition) is 2. The zero-order valence-electron chi connectivity index (χ0n) is 15.7. The number of aryl methyl sites for hydroxylation is 2. The first-order chi connectivity index (χ1) is 12.2. The molecule has 2 aromatic rings. The summed E-state index contributed by atoms with van der Waals surface area (Å²) in [6.45, 7) is 8.40. The number of ketones is 1. The number of nitrogens with one attached hydrogen (secondary N) is 2. The third-order valence-electron chi connectivity index (χ3n) is 4.28. The van der Waals surface area contributed by atoms with Crippen LogP contribution < -0.4 is 5.32 Å². The maximum absolute atomic E-state index is 12.4. The average Bonchev–Trinajstić information content (AvgIpc) is 2.90. The number of ether oxygens (including phenoxy) is 1. The van der Waals surface area contributed by atoms with Gasteiger partial charge in [0.25, 0.3) is 5.91 Å². The van der Waals surface area contributed by atoms with Crippen molar-refractivity contribution >= 4 is 23.3 Å². The Morgan fingerprint density at radius 2 is 1.77 bits per heavy atom. The predicted octanol–water partition coefficient (Wildman–Crippen LogP) is 3.58. The molecule has 1 heterocycles. The first kappa shape index (κ1) is 19.4. The Hall–Kier alpha value is -2.89. The molecule has 1 aromatic carbocycles. The molecule has 0 bridgehead atoms. The molecule has 1 aromatic heterocycles. The molecule has 0 spiro atoms. The van der Waals surface area contributed by atoms with Crippen molar-refractivity contribution < 1.29 is 19.1 Å². The van der Waals surface area contributed by atoms with E-state index in [1.807, 2.05) is 24.3 Å². The van der Waals surface area contributed by atoms with Crippen molar-refractivity contribution in [1.82, 2.24) is 4.98 Å². The van der Waals surface area contributed by atoms with Gasteiger partial charge in [0.2, 0.25) is 0 Å². The second-order valence-electron chi connectivity index (χ2n) is 6.27. The Morgan fingerprint density at radius 3 is 2.27 bits per heavy atom. The van der Waals surface area contributed by atoms with E-state index in [2.05, 4.69) is 17.2 Å². The second kappa shape index (κ2) is 7.99. The number of amides is 1. The Kier molecular flexibility index (Phi) is 5.97. The highest BCUT2D eigenvalue weighted by Gasteiger charge is 2.24. The molecule has 1 atom stereocenters. The van der Waals surface area contributed by atoms with Gasteiger partial charge in [-0.15, -0.1) is 0 Å². The van der Waals surface area contributed by atoms with Gasteiger partial charge in [-0.1, -0.05) is 19.1 Å². The summed E-state index contributed by atoms with van der Waals surface area (Å²) >= 11 is 0.